The monoisotopic (exact) mass is 294 g/mol. The fourth-order valence-electron chi connectivity index (χ4n) is 1.84. The Labute approximate surface area is 122 Å². The minimum Gasteiger partial charge on any atom is -0.483 e. The predicted molar refractivity (Wildman–Crippen MR) is 79.6 cm³/mol. The van der Waals surface area contributed by atoms with Crippen molar-refractivity contribution in [3.63, 3.8) is 0 Å². The van der Waals surface area contributed by atoms with Crippen LogP contribution in [0.1, 0.15) is 11.1 Å². The summed E-state index contributed by atoms with van der Waals surface area (Å²) >= 11 is 1.45. The van der Waals surface area contributed by atoms with Crippen molar-refractivity contribution in [2.24, 2.45) is 0 Å². The maximum absolute atomic E-state index is 9.45. The van der Waals surface area contributed by atoms with E-state index in [1.807, 2.05) is 20.2 Å². The van der Waals surface area contributed by atoms with Crippen molar-refractivity contribution in [1.82, 2.24) is 9.27 Å². The molecule has 2 N–H and O–H groups in total. The van der Waals surface area contributed by atoms with Crippen LogP contribution in [0.4, 0.5) is 0 Å². The second-order valence-electron chi connectivity index (χ2n) is 4.37. The molecule has 108 valence electrons. The molecule has 2 rings (SSSR count). The van der Waals surface area contributed by atoms with Crippen molar-refractivity contribution in [1.29, 1.82) is 0 Å². The molecule has 0 aliphatic carbocycles. The van der Waals surface area contributed by atoms with Gasteiger partial charge in [-0.1, -0.05) is 18.2 Å². The highest BCUT2D eigenvalue weighted by Gasteiger charge is 2.07. The van der Waals surface area contributed by atoms with Crippen LogP contribution >= 0.6 is 11.5 Å². The molecule has 5 nitrogen and oxygen atoms in total. The van der Waals surface area contributed by atoms with E-state index in [0.29, 0.717) is 0 Å². The smallest absolute Gasteiger partial charge is 0.290 e. The summed E-state index contributed by atoms with van der Waals surface area (Å²) in [4.78, 5) is 11.6. The van der Waals surface area contributed by atoms with Gasteiger partial charge in [0.2, 0.25) is 0 Å². The lowest BCUT2D eigenvalue weighted by atomic mass is 10.0. The minimum absolute atomic E-state index is 0.0640. The molecule has 0 fully saturated rings. The van der Waals surface area contributed by atoms with Gasteiger partial charge in [-0.05, 0) is 48.4 Å². The number of nitrogens with zero attached hydrogens (tertiary/aromatic N) is 2. The molecule has 0 saturated carbocycles. The highest BCUT2D eigenvalue weighted by Crippen LogP contribution is 2.27. The first-order valence-electron chi connectivity index (χ1n) is 5.98. The Hall–Kier alpha value is -1.76. The zero-order valence-corrected chi connectivity index (χ0v) is 12.3. The molecule has 0 aliphatic rings. The van der Waals surface area contributed by atoms with Crippen LogP contribution in [-0.2, 0) is 17.9 Å². The molecule has 0 radical (unpaired) electrons. The first-order valence-corrected chi connectivity index (χ1v) is 6.76. The Bertz CT molecular complexity index is 527. The topological polar surface area (TPSA) is 73.7 Å². The van der Waals surface area contributed by atoms with Crippen molar-refractivity contribution in [2.45, 2.75) is 13.2 Å². The van der Waals surface area contributed by atoms with E-state index >= 15 is 0 Å². The van der Waals surface area contributed by atoms with Gasteiger partial charge < -0.3 is 15.1 Å². The van der Waals surface area contributed by atoms with Crippen LogP contribution in [0.3, 0.4) is 0 Å². The van der Waals surface area contributed by atoms with Gasteiger partial charge in [0.1, 0.15) is 0 Å². The lowest BCUT2D eigenvalue weighted by Gasteiger charge is -2.12. The van der Waals surface area contributed by atoms with Crippen molar-refractivity contribution in [2.75, 3.05) is 14.1 Å². The standard InChI is InChI=1S/C13H16N2OS.CH2O2/c1-15(2)8-10-3-4-12(11(7-10)9-16)13-5-6-14-17-13;2-1-3/h3-7,16H,8-9H2,1-2H3;1H,(H,2,3). The van der Waals surface area contributed by atoms with Crippen molar-refractivity contribution < 1.29 is 15.0 Å². The number of aromatic nitrogens is 1. The summed E-state index contributed by atoms with van der Waals surface area (Å²) in [7, 11) is 4.07. The summed E-state index contributed by atoms with van der Waals surface area (Å²) in [5.41, 5.74) is 3.26. The van der Waals surface area contributed by atoms with E-state index in [1.165, 1.54) is 17.1 Å². The summed E-state index contributed by atoms with van der Waals surface area (Å²) in [5.74, 6) is 0. The molecule has 20 heavy (non-hydrogen) atoms. The maximum atomic E-state index is 9.45. The molecule has 0 aliphatic heterocycles. The van der Waals surface area contributed by atoms with Crippen LogP contribution in [0, 0.1) is 0 Å². The summed E-state index contributed by atoms with van der Waals surface area (Å²) in [6.07, 6.45) is 1.79. The molecule has 0 amide bonds. The van der Waals surface area contributed by atoms with Gasteiger partial charge in [0.05, 0.1) is 11.5 Å². The Balaban J connectivity index is 0.000000612. The van der Waals surface area contributed by atoms with Gasteiger partial charge in [-0.3, -0.25) is 4.79 Å². The lowest BCUT2D eigenvalue weighted by molar-refractivity contribution is -0.122. The third-order valence-corrected chi connectivity index (χ3v) is 3.32. The van der Waals surface area contributed by atoms with Crippen LogP contribution in [0.2, 0.25) is 0 Å². The lowest BCUT2D eigenvalue weighted by Crippen LogP contribution is -2.10. The van der Waals surface area contributed by atoms with Crippen LogP contribution in [-0.4, -0.2) is 40.1 Å². The van der Waals surface area contributed by atoms with Crippen molar-refractivity contribution in [3.05, 3.63) is 41.6 Å². The molecule has 1 aromatic carbocycles. The van der Waals surface area contributed by atoms with E-state index in [9.17, 15) is 5.11 Å². The van der Waals surface area contributed by atoms with Crippen molar-refractivity contribution in [3.8, 4) is 10.4 Å². The fraction of sp³-hybridized carbons (Fsp3) is 0.286. The number of benzene rings is 1. The number of carboxylic acid groups (broad SMARTS) is 1. The average molecular weight is 294 g/mol. The molecule has 2 aromatic rings. The third kappa shape index (κ3) is 4.73. The van der Waals surface area contributed by atoms with Crippen LogP contribution in [0.25, 0.3) is 10.4 Å². The molecule has 0 saturated heterocycles. The highest BCUT2D eigenvalue weighted by atomic mass is 32.1. The molecular formula is C14H18N2O3S. The number of aliphatic hydroxyl groups excluding tert-OH is 1. The molecule has 1 aromatic heterocycles. The summed E-state index contributed by atoms with van der Waals surface area (Å²) in [6.45, 7) is 0.699. The van der Waals surface area contributed by atoms with Gasteiger partial charge in [-0.2, -0.15) is 0 Å². The largest absolute Gasteiger partial charge is 0.483 e. The normalized spacial score (nSPS) is 10.0. The third-order valence-electron chi connectivity index (χ3n) is 2.54. The number of aliphatic hydroxyl groups is 1. The van der Waals surface area contributed by atoms with E-state index in [4.69, 9.17) is 9.90 Å². The second kappa shape index (κ2) is 8.42. The quantitative estimate of drug-likeness (QED) is 0.844. The summed E-state index contributed by atoms with van der Waals surface area (Å²) < 4.78 is 4.10. The molecule has 0 bridgehead atoms. The average Bonchev–Trinajstić information content (AvgIpc) is 2.92. The summed E-state index contributed by atoms with van der Waals surface area (Å²) in [6, 6.07) is 8.21. The maximum Gasteiger partial charge on any atom is 0.290 e. The first-order chi connectivity index (χ1) is 9.62. The molecule has 6 heteroatoms. The van der Waals surface area contributed by atoms with Crippen molar-refractivity contribution >= 4 is 18.0 Å². The Morgan fingerprint density at radius 3 is 2.55 bits per heavy atom. The molecule has 1 heterocycles. The zero-order valence-electron chi connectivity index (χ0n) is 11.5. The van der Waals surface area contributed by atoms with E-state index in [2.05, 4.69) is 27.5 Å². The SMILES string of the molecule is CN(C)Cc1ccc(-c2ccns2)c(CO)c1.O=CO. The molecular weight excluding hydrogens is 276 g/mol. The van der Waals surface area contributed by atoms with E-state index < -0.39 is 0 Å². The Morgan fingerprint density at radius 1 is 1.35 bits per heavy atom. The number of hydrogen-bond donors (Lipinski definition) is 2. The number of rotatable bonds is 4. The highest BCUT2D eigenvalue weighted by molar-refractivity contribution is 7.09. The van der Waals surface area contributed by atoms with Crippen LogP contribution < -0.4 is 0 Å². The predicted octanol–water partition coefficient (Wildman–Crippen LogP) is 2.06. The first kappa shape index (κ1) is 16.3. The summed E-state index contributed by atoms with van der Waals surface area (Å²) in [5, 5.41) is 16.3. The van der Waals surface area contributed by atoms with E-state index in [1.54, 1.807) is 6.20 Å². The molecule has 0 unspecified atom stereocenters. The van der Waals surface area contributed by atoms with Gasteiger partial charge in [0, 0.05) is 12.7 Å². The number of hydrogen-bond acceptors (Lipinski definition) is 5. The van der Waals surface area contributed by atoms with Gasteiger partial charge in [0.25, 0.3) is 6.47 Å². The van der Waals surface area contributed by atoms with Gasteiger partial charge in [-0.15, -0.1) is 0 Å². The van der Waals surface area contributed by atoms with Gasteiger partial charge >= 0.3 is 0 Å². The van der Waals surface area contributed by atoms with E-state index in [-0.39, 0.29) is 13.1 Å². The fourth-order valence-corrected chi connectivity index (χ4v) is 2.49. The Kier molecular flexibility index (Phi) is 6.86. The Morgan fingerprint density at radius 2 is 2.05 bits per heavy atom. The number of carbonyl (C=O) groups is 1. The molecule has 0 atom stereocenters. The molecule has 0 spiro atoms. The second-order valence-corrected chi connectivity index (χ2v) is 5.20. The zero-order chi connectivity index (χ0) is 15.0. The van der Waals surface area contributed by atoms with E-state index in [0.717, 1.165) is 22.5 Å². The van der Waals surface area contributed by atoms with Crippen LogP contribution in [0.15, 0.2) is 30.5 Å². The minimum atomic E-state index is -0.250. The van der Waals surface area contributed by atoms with Gasteiger partial charge in [-0.25, -0.2) is 4.37 Å². The van der Waals surface area contributed by atoms with Gasteiger partial charge in [0.15, 0.2) is 0 Å². The van der Waals surface area contributed by atoms with Crippen LogP contribution in [0.5, 0.6) is 0 Å².